The third-order valence-corrected chi connectivity index (χ3v) is 9.70. The smallest absolute Gasteiger partial charge is 0.219 e. The summed E-state index contributed by atoms with van der Waals surface area (Å²) in [6, 6.07) is 45.1. The number of hydrogen-bond acceptors (Lipinski definition) is 4. The van der Waals surface area contributed by atoms with Crippen LogP contribution >= 0.6 is 0 Å². The maximum absolute atomic E-state index is 6.23. The molecule has 1 aliphatic rings. The molecule has 0 radical (unpaired) electrons. The van der Waals surface area contributed by atoms with Crippen molar-refractivity contribution >= 4 is 55.1 Å². The monoisotopic (exact) mass is 639 g/mol. The van der Waals surface area contributed by atoms with Crippen molar-refractivity contribution in [2.45, 2.75) is 26.2 Å². The van der Waals surface area contributed by atoms with E-state index in [4.69, 9.17) is 4.74 Å². The lowest BCUT2D eigenvalue weighted by Crippen LogP contribution is -2.24. The molecule has 0 saturated carbocycles. The molecule has 3 aromatic heterocycles. The first-order valence-corrected chi connectivity index (χ1v) is 16.8. The fraction of sp³-hybridized carbons (Fsp3) is 0.140. The fourth-order valence-corrected chi connectivity index (χ4v) is 7.28. The van der Waals surface area contributed by atoms with Gasteiger partial charge < -0.3 is 19.1 Å². The van der Waals surface area contributed by atoms with Gasteiger partial charge in [0, 0.05) is 64.5 Å². The molecule has 5 aromatic carbocycles. The number of pyridine rings is 1. The summed E-state index contributed by atoms with van der Waals surface area (Å²) in [5, 5.41) is 4.92. The highest BCUT2D eigenvalue weighted by Gasteiger charge is 2.26. The van der Waals surface area contributed by atoms with Crippen LogP contribution in [0.1, 0.15) is 26.3 Å². The second-order valence-electron chi connectivity index (χ2n) is 14.0. The molecule has 49 heavy (non-hydrogen) atoms. The molecular formula is C43H37N5O. The summed E-state index contributed by atoms with van der Waals surface area (Å²) in [5.74, 6) is 2.47. The molecular weight excluding hydrogens is 603 g/mol. The number of ether oxygens (including phenoxy) is 1. The molecule has 0 aliphatic carbocycles. The van der Waals surface area contributed by atoms with Gasteiger partial charge in [0.15, 0.2) is 0 Å². The lowest BCUT2D eigenvalue weighted by molar-refractivity contribution is 0.463. The lowest BCUT2D eigenvalue weighted by atomic mass is 9.86. The zero-order chi connectivity index (χ0) is 33.3. The first-order chi connectivity index (χ1) is 23.8. The Morgan fingerprint density at radius 1 is 0.592 bits per heavy atom. The van der Waals surface area contributed by atoms with Crippen molar-refractivity contribution in [2.75, 3.05) is 18.6 Å². The van der Waals surface area contributed by atoms with E-state index in [1.54, 1.807) is 6.20 Å². The largest absolute Gasteiger partial charge is 0.439 e. The van der Waals surface area contributed by atoms with E-state index in [2.05, 4.69) is 161 Å². The molecule has 0 bridgehead atoms. The molecule has 8 aromatic rings. The third kappa shape index (κ3) is 4.82. The predicted octanol–water partition coefficient (Wildman–Crippen LogP) is 10.5. The molecule has 0 atom stereocenters. The Hall–Kier alpha value is -6.01. The number of benzene rings is 5. The average molecular weight is 640 g/mol. The third-order valence-electron chi connectivity index (χ3n) is 9.70. The molecule has 0 unspecified atom stereocenters. The summed E-state index contributed by atoms with van der Waals surface area (Å²) in [6.45, 7) is 7.60. The number of rotatable bonds is 5. The lowest BCUT2D eigenvalue weighted by Gasteiger charge is -2.25. The van der Waals surface area contributed by atoms with E-state index in [1.807, 2.05) is 24.3 Å². The quantitative estimate of drug-likeness (QED) is 0.188. The molecule has 0 N–H and O–H groups in total. The Morgan fingerprint density at radius 3 is 1.82 bits per heavy atom. The summed E-state index contributed by atoms with van der Waals surface area (Å²) in [4.78, 5) is 9.10. The molecule has 0 saturated heterocycles. The first-order valence-electron chi connectivity index (χ1n) is 16.8. The SMILES string of the molecule is CN1CN(c2cc(-n3c4ccccc4c4ccc(Oc5ccccn5)cc43)cc(C(C)(C)C)c2)C=C1n1c2ccccc2c2ccccc21. The van der Waals surface area contributed by atoms with E-state index in [0.29, 0.717) is 5.88 Å². The number of fused-ring (bicyclic) bond motifs is 6. The van der Waals surface area contributed by atoms with Gasteiger partial charge in [-0.3, -0.25) is 4.57 Å². The van der Waals surface area contributed by atoms with Gasteiger partial charge in [-0.25, -0.2) is 4.98 Å². The number of anilines is 1. The molecule has 1 aliphatic heterocycles. The summed E-state index contributed by atoms with van der Waals surface area (Å²) < 4.78 is 11.0. The Labute approximate surface area is 285 Å². The Kier molecular flexibility index (Phi) is 6.56. The van der Waals surface area contributed by atoms with E-state index in [9.17, 15) is 0 Å². The molecule has 0 spiro atoms. The summed E-state index contributed by atoms with van der Waals surface area (Å²) in [5.41, 5.74) is 8.14. The van der Waals surface area contributed by atoms with Gasteiger partial charge in [-0.1, -0.05) is 81.4 Å². The van der Waals surface area contributed by atoms with Crippen molar-refractivity contribution < 1.29 is 4.74 Å². The number of aromatic nitrogens is 3. The first kappa shape index (κ1) is 29.2. The highest BCUT2D eigenvalue weighted by molar-refractivity contribution is 6.11. The predicted molar refractivity (Wildman–Crippen MR) is 203 cm³/mol. The van der Waals surface area contributed by atoms with Gasteiger partial charge >= 0.3 is 0 Å². The number of nitrogens with zero attached hydrogens (tertiary/aromatic N) is 5. The second kappa shape index (κ2) is 11.0. The van der Waals surface area contributed by atoms with Crippen LogP contribution < -0.4 is 9.64 Å². The van der Waals surface area contributed by atoms with Crippen LogP contribution in [0.2, 0.25) is 0 Å². The van der Waals surface area contributed by atoms with E-state index < -0.39 is 0 Å². The van der Waals surface area contributed by atoms with E-state index in [1.165, 1.54) is 38.1 Å². The molecule has 6 heteroatoms. The van der Waals surface area contributed by atoms with Gasteiger partial charge in [0.2, 0.25) is 5.88 Å². The van der Waals surface area contributed by atoms with Crippen molar-refractivity contribution in [3.05, 3.63) is 145 Å². The zero-order valence-corrected chi connectivity index (χ0v) is 28.1. The second-order valence-corrected chi connectivity index (χ2v) is 14.0. The van der Waals surface area contributed by atoms with Gasteiger partial charge in [-0.15, -0.1) is 0 Å². The molecule has 4 heterocycles. The van der Waals surface area contributed by atoms with Crippen LogP contribution in [0.4, 0.5) is 5.69 Å². The molecule has 6 nitrogen and oxygen atoms in total. The molecule has 0 amide bonds. The van der Waals surface area contributed by atoms with Crippen molar-refractivity contribution in [3.8, 4) is 17.3 Å². The van der Waals surface area contributed by atoms with Gasteiger partial charge in [0.05, 0.1) is 28.7 Å². The Balaban J connectivity index is 1.22. The average Bonchev–Trinajstić information content (AvgIpc) is 3.77. The van der Waals surface area contributed by atoms with Crippen molar-refractivity contribution in [2.24, 2.45) is 0 Å². The highest BCUT2D eigenvalue weighted by Crippen LogP contribution is 2.40. The van der Waals surface area contributed by atoms with Gasteiger partial charge in [-0.2, -0.15) is 0 Å². The van der Waals surface area contributed by atoms with Crippen LogP contribution in [0, 0.1) is 0 Å². The molecule has 240 valence electrons. The number of hydrogen-bond donors (Lipinski definition) is 0. The fourth-order valence-electron chi connectivity index (χ4n) is 7.28. The molecule has 0 fully saturated rings. The summed E-state index contributed by atoms with van der Waals surface area (Å²) in [7, 11) is 2.18. The van der Waals surface area contributed by atoms with Crippen molar-refractivity contribution in [3.63, 3.8) is 0 Å². The minimum absolute atomic E-state index is 0.0677. The normalized spacial score (nSPS) is 13.7. The van der Waals surface area contributed by atoms with Crippen molar-refractivity contribution in [1.29, 1.82) is 0 Å². The zero-order valence-electron chi connectivity index (χ0n) is 28.1. The van der Waals surface area contributed by atoms with Crippen LogP contribution in [0.3, 0.4) is 0 Å². The Bertz CT molecular complexity index is 2520. The van der Waals surface area contributed by atoms with Gasteiger partial charge in [-0.05, 0) is 65.6 Å². The minimum atomic E-state index is -0.0677. The van der Waals surface area contributed by atoms with Crippen LogP contribution in [0.5, 0.6) is 11.6 Å². The van der Waals surface area contributed by atoms with Crippen LogP contribution in [-0.2, 0) is 5.41 Å². The maximum Gasteiger partial charge on any atom is 0.219 e. The summed E-state index contributed by atoms with van der Waals surface area (Å²) in [6.07, 6.45) is 4.05. The van der Waals surface area contributed by atoms with E-state index in [-0.39, 0.29) is 5.41 Å². The van der Waals surface area contributed by atoms with Crippen LogP contribution in [0.15, 0.2) is 140 Å². The van der Waals surface area contributed by atoms with E-state index in [0.717, 1.165) is 40.6 Å². The van der Waals surface area contributed by atoms with Gasteiger partial charge in [0.25, 0.3) is 0 Å². The van der Waals surface area contributed by atoms with Crippen LogP contribution in [-0.4, -0.2) is 32.7 Å². The number of para-hydroxylation sites is 3. The standard InChI is InChI=1S/C43H37N5O/c1-43(2,3)29-23-30(46-27-42(45(4)28-46)48-38-17-9-6-13-33(38)34-14-7-10-18-39(34)48)25-31(24-29)47-37-16-8-5-15-35(37)36-21-20-32(26-40(36)47)49-41-19-11-12-22-44-41/h5-27H,28H2,1-4H3. The highest BCUT2D eigenvalue weighted by atomic mass is 16.5. The Morgan fingerprint density at radius 2 is 1.18 bits per heavy atom. The maximum atomic E-state index is 6.23. The van der Waals surface area contributed by atoms with E-state index >= 15 is 0 Å². The topological polar surface area (TPSA) is 38.5 Å². The van der Waals surface area contributed by atoms with Crippen LogP contribution in [0.25, 0.3) is 55.1 Å². The molecule has 9 rings (SSSR count). The van der Waals surface area contributed by atoms with Gasteiger partial charge in [0.1, 0.15) is 11.6 Å². The van der Waals surface area contributed by atoms with Crippen molar-refractivity contribution in [1.82, 2.24) is 19.0 Å². The summed E-state index contributed by atoms with van der Waals surface area (Å²) >= 11 is 0. The minimum Gasteiger partial charge on any atom is -0.439 e.